The van der Waals surface area contributed by atoms with Crippen LogP contribution in [-0.4, -0.2) is 64.5 Å². The molecular weight excluding hydrogens is 495 g/mol. The summed E-state index contributed by atoms with van der Waals surface area (Å²) >= 11 is 0. The number of likely N-dealkylation sites (tertiary alicyclic amines) is 1. The van der Waals surface area contributed by atoms with Crippen molar-refractivity contribution in [2.45, 2.75) is 44.1 Å². The quantitative estimate of drug-likeness (QED) is 0.600. The number of halogens is 3. The minimum absolute atomic E-state index is 0.0316. The van der Waals surface area contributed by atoms with Crippen LogP contribution in [0.4, 0.5) is 23.7 Å². The Hall–Kier alpha value is -4.09. The van der Waals surface area contributed by atoms with Gasteiger partial charge in [-0.3, -0.25) is 14.4 Å². The molecule has 2 aromatic carbocycles. The fourth-order valence-electron chi connectivity index (χ4n) is 4.71. The second-order valence-corrected chi connectivity index (χ2v) is 8.76. The fraction of sp³-hybridized carbons (Fsp3) is 0.360. The summed E-state index contributed by atoms with van der Waals surface area (Å²) in [5.74, 6) is -2.00. The van der Waals surface area contributed by atoms with Crippen molar-refractivity contribution in [3.8, 4) is 5.75 Å². The molecule has 12 heteroatoms. The van der Waals surface area contributed by atoms with Gasteiger partial charge in [0.2, 0.25) is 5.91 Å². The molecule has 0 aromatic heterocycles. The van der Waals surface area contributed by atoms with E-state index in [0.717, 1.165) is 12.1 Å². The van der Waals surface area contributed by atoms with Crippen molar-refractivity contribution in [2.75, 3.05) is 18.6 Å². The Kier molecular flexibility index (Phi) is 7.10. The molecule has 0 unspecified atom stereocenters. The van der Waals surface area contributed by atoms with Gasteiger partial charge < -0.3 is 19.6 Å². The molecular formula is C25H24F3N3O6. The molecule has 0 aliphatic carbocycles. The highest BCUT2D eigenvalue weighted by Crippen LogP contribution is 2.37. The fourth-order valence-corrected chi connectivity index (χ4v) is 4.71. The van der Waals surface area contributed by atoms with E-state index in [9.17, 15) is 32.3 Å². The summed E-state index contributed by atoms with van der Waals surface area (Å²) in [6.07, 6.45) is -5.22. The number of carboxylic acids is 1. The number of fused-ring (bicyclic) bond motifs is 1. The third kappa shape index (κ3) is 5.23. The molecule has 0 spiro atoms. The average Bonchev–Trinajstić information content (AvgIpc) is 3.31. The van der Waals surface area contributed by atoms with Gasteiger partial charge in [-0.25, -0.2) is 9.69 Å². The van der Waals surface area contributed by atoms with E-state index in [0.29, 0.717) is 22.3 Å². The van der Waals surface area contributed by atoms with Crippen LogP contribution in [0.15, 0.2) is 48.5 Å². The third-order valence-corrected chi connectivity index (χ3v) is 6.49. The molecule has 4 rings (SSSR count). The molecule has 2 saturated heterocycles. The first-order chi connectivity index (χ1) is 17.5. The maximum Gasteiger partial charge on any atom is 0.416 e. The second-order valence-electron chi connectivity index (χ2n) is 8.76. The smallest absolute Gasteiger partial charge is 0.416 e. The van der Waals surface area contributed by atoms with Gasteiger partial charge in [-0.05, 0) is 42.3 Å². The summed E-state index contributed by atoms with van der Waals surface area (Å²) < 4.78 is 45.3. The Morgan fingerprint density at radius 3 is 2.41 bits per heavy atom. The van der Waals surface area contributed by atoms with E-state index in [1.165, 1.54) is 23.0 Å². The van der Waals surface area contributed by atoms with Gasteiger partial charge >= 0.3 is 18.2 Å². The van der Waals surface area contributed by atoms with Gasteiger partial charge in [0.05, 0.1) is 30.8 Å². The standard InChI is InChI=1S/C25H24F3N3O6/c1-37-18-7-5-15(6-8-18)14-30-19-11-12-29(20(32)9-10-21(33)34)22(19)23(35)31(24(30)36)17-4-2-3-16(13-17)25(26,27)28/h2-8,13,19,22H,9-12,14H2,1H3,(H,33,34)/t19-,22+/m1/s1. The third-order valence-electron chi connectivity index (χ3n) is 6.49. The first-order valence-electron chi connectivity index (χ1n) is 11.5. The van der Waals surface area contributed by atoms with Gasteiger partial charge in [0.15, 0.2) is 0 Å². The lowest BCUT2D eigenvalue weighted by molar-refractivity contribution is -0.143. The largest absolute Gasteiger partial charge is 0.497 e. The molecule has 2 fully saturated rings. The first-order valence-corrected chi connectivity index (χ1v) is 11.5. The number of urea groups is 1. The predicted octanol–water partition coefficient (Wildman–Crippen LogP) is 3.52. The number of amides is 4. The zero-order chi connectivity index (χ0) is 26.9. The average molecular weight is 519 g/mol. The summed E-state index contributed by atoms with van der Waals surface area (Å²) in [7, 11) is 1.50. The number of benzene rings is 2. The number of carbonyl (C=O) groups is 4. The highest BCUT2D eigenvalue weighted by Gasteiger charge is 2.53. The van der Waals surface area contributed by atoms with Crippen molar-refractivity contribution >= 4 is 29.5 Å². The Labute approximate surface area is 210 Å². The van der Waals surface area contributed by atoms with Crippen LogP contribution in [0.2, 0.25) is 0 Å². The number of nitrogens with zero attached hydrogens (tertiary/aromatic N) is 3. The number of methoxy groups -OCH3 is 1. The topological polar surface area (TPSA) is 107 Å². The van der Waals surface area contributed by atoms with E-state index in [-0.39, 0.29) is 31.6 Å². The molecule has 2 aliphatic heterocycles. The molecule has 4 amide bonds. The van der Waals surface area contributed by atoms with Crippen LogP contribution in [0, 0.1) is 0 Å². The Morgan fingerprint density at radius 1 is 1.08 bits per heavy atom. The monoisotopic (exact) mass is 519 g/mol. The number of aliphatic carboxylic acids is 1. The number of imide groups is 1. The van der Waals surface area contributed by atoms with Crippen molar-refractivity contribution < 1.29 is 42.2 Å². The number of alkyl halides is 3. The van der Waals surface area contributed by atoms with Gasteiger partial charge in [0.1, 0.15) is 11.8 Å². The lowest BCUT2D eigenvalue weighted by Gasteiger charge is -2.43. The van der Waals surface area contributed by atoms with E-state index in [4.69, 9.17) is 9.84 Å². The minimum Gasteiger partial charge on any atom is -0.497 e. The van der Waals surface area contributed by atoms with Crippen LogP contribution in [0.1, 0.15) is 30.4 Å². The van der Waals surface area contributed by atoms with Crippen molar-refractivity contribution in [1.82, 2.24) is 9.80 Å². The molecule has 2 heterocycles. The zero-order valence-electron chi connectivity index (χ0n) is 19.8. The van der Waals surface area contributed by atoms with Gasteiger partial charge in [-0.15, -0.1) is 0 Å². The molecule has 2 aliphatic rings. The summed E-state index contributed by atoms with van der Waals surface area (Å²) in [6, 6.07) is 8.00. The SMILES string of the molecule is COc1ccc(CN2C(=O)N(c3cccc(C(F)(F)F)c3)C(=O)[C@@H]3[C@H]2CCN3C(=O)CCC(=O)O)cc1. The molecule has 0 bridgehead atoms. The van der Waals surface area contributed by atoms with Crippen molar-refractivity contribution in [1.29, 1.82) is 0 Å². The Balaban J connectivity index is 1.72. The van der Waals surface area contributed by atoms with Crippen LogP contribution in [0.25, 0.3) is 0 Å². The van der Waals surface area contributed by atoms with Crippen LogP contribution >= 0.6 is 0 Å². The Morgan fingerprint density at radius 2 is 1.78 bits per heavy atom. The summed E-state index contributed by atoms with van der Waals surface area (Å²) in [5.41, 5.74) is -0.620. The van der Waals surface area contributed by atoms with E-state index in [2.05, 4.69) is 0 Å². The number of carboxylic acid groups (broad SMARTS) is 1. The predicted molar refractivity (Wildman–Crippen MR) is 124 cm³/mol. The molecule has 37 heavy (non-hydrogen) atoms. The minimum atomic E-state index is -4.70. The molecule has 0 saturated carbocycles. The zero-order valence-corrected chi connectivity index (χ0v) is 19.8. The molecule has 1 N–H and O–H groups in total. The number of hydrogen-bond acceptors (Lipinski definition) is 5. The number of carbonyl (C=O) groups excluding carboxylic acids is 3. The molecule has 196 valence electrons. The summed E-state index contributed by atoms with van der Waals surface area (Å²) in [5, 5.41) is 8.95. The van der Waals surface area contributed by atoms with Crippen molar-refractivity contribution in [2.24, 2.45) is 0 Å². The normalized spacial score (nSPS) is 19.7. The highest BCUT2D eigenvalue weighted by atomic mass is 19.4. The highest BCUT2D eigenvalue weighted by molar-refractivity contribution is 6.19. The van der Waals surface area contributed by atoms with E-state index in [1.807, 2.05) is 0 Å². The van der Waals surface area contributed by atoms with Crippen LogP contribution < -0.4 is 9.64 Å². The molecule has 0 radical (unpaired) electrons. The second kappa shape index (κ2) is 10.1. The number of anilines is 1. The molecule has 9 nitrogen and oxygen atoms in total. The number of ether oxygens (including phenoxy) is 1. The van der Waals surface area contributed by atoms with Gasteiger partial charge in [-0.2, -0.15) is 13.2 Å². The Bertz CT molecular complexity index is 1220. The van der Waals surface area contributed by atoms with Gasteiger partial charge in [0, 0.05) is 19.5 Å². The lowest BCUT2D eigenvalue weighted by Crippen LogP contribution is -2.66. The summed E-state index contributed by atoms with van der Waals surface area (Å²) in [4.78, 5) is 54.2. The van der Waals surface area contributed by atoms with E-state index in [1.54, 1.807) is 24.3 Å². The maximum absolute atomic E-state index is 13.6. The van der Waals surface area contributed by atoms with Crippen LogP contribution in [0.5, 0.6) is 5.75 Å². The van der Waals surface area contributed by atoms with Crippen LogP contribution in [-0.2, 0) is 27.1 Å². The van der Waals surface area contributed by atoms with Crippen molar-refractivity contribution in [3.63, 3.8) is 0 Å². The van der Waals surface area contributed by atoms with E-state index >= 15 is 0 Å². The van der Waals surface area contributed by atoms with E-state index < -0.39 is 54.1 Å². The lowest BCUT2D eigenvalue weighted by atomic mass is 10.0. The number of hydrogen-bond donors (Lipinski definition) is 1. The van der Waals surface area contributed by atoms with Crippen molar-refractivity contribution in [3.05, 3.63) is 59.7 Å². The van der Waals surface area contributed by atoms with Crippen LogP contribution in [0.3, 0.4) is 0 Å². The number of rotatable bonds is 7. The molecule has 2 aromatic rings. The van der Waals surface area contributed by atoms with Gasteiger partial charge in [-0.1, -0.05) is 18.2 Å². The first kappa shape index (κ1) is 26.0. The summed E-state index contributed by atoms with van der Waals surface area (Å²) in [6.45, 7) is 0.131. The molecule has 2 atom stereocenters. The van der Waals surface area contributed by atoms with Gasteiger partial charge in [0.25, 0.3) is 5.91 Å². The maximum atomic E-state index is 13.6.